The molecule has 4 heteroatoms. The molecule has 1 N–H and O–H groups in total. The molecular formula is C13H28N2O2. The summed E-state index contributed by atoms with van der Waals surface area (Å²) in [5, 5.41) is 11.7. The van der Waals surface area contributed by atoms with Crippen molar-refractivity contribution in [3.63, 3.8) is 0 Å². The van der Waals surface area contributed by atoms with E-state index in [1.165, 1.54) is 5.06 Å². The third kappa shape index (κ3) is 3.41. The number of nitrogens with zero attached hydrogens (tertiary/aromatic N) is 2. The van der Waals surface area contributed by atoms with Gasteiger partial charge in [0.2, 0.25) is 0 Å². The molecule has 0 aromatic rings. The van der Waals surface area contributed by atoms with Crippen LogP contribution in [0.5, 0.6) is 0 Å². The van der Waals surface area contributed by atoms with Crippen LogP contribution >= 0.6 is 0 Å². The molecule has 1 saturated heterocycles. The van der Waals surface area contributed by atoms with Crippen molar-refractivity contribution in [1.82, 2.24) is 9.96 Å². The topological polar surface area (TPSA) is 35.9 Å². The van der Waals surface area contributed by atoms with Gasteiger partial charge in [-0.3, -0.25) is 4.90 Å². The molecule has 1 heterocycles. The first-order valence-corrected chi connectivity index (χ1v) is 6.37. The average Bonchev–Trinajstić information content (AvgIpc) is 2.12. The van der Waals surface area contributed by atoms with E-state index >= 15 is 0 Å². The van der Waals surface area contributed by atoms with Gasteiger partial charge in [-0.1, -0.05) is 0 Å². The van der Waals surface area contributed by atoms with Crippen LogP contribution in [0.15, 0.2) is 0 Å². The Hall–Kier alpha value is -0.160. The Kier molecular flexibility index (Phi) is 4.24. The van der Waals surface area contributed by atoms with Crippen LogP contribution in [-0.2, 0) is 4.74 Å². The summed E-state index contributed by atoms with van der Waals surface area (Å²) in [6.45, 7) is 10.3. The second-order valence-corrected chi connectivity index (χ2v) is 6.67. The molecule has 0 aromatic heterocycles. The van der Waals surface area contributed by atoms with Crippen LogP contribution in [-0.4, -0.2) is 52.7 Å². The fourth-order valence-electron chi connectivity index (χ4n) is 2.68. The SMILES string of the molecule is CC(OC1CC(C)(C)N(O)C(C)(C)C1)N(C)C. The molecule has 1 unspecified atom stereocenters. The third-order valence-corrected chi connectivity index (χ3v) is 3.72. The van der Waals surface area contributed by atoms with E-state index < -0.39 is 0 Å². The Bertz CT molecular complexity index is 246. The number of hydroxylamine groups is 2. The predicted molar refractivity (Wildman–Crippen MR) is 69.0 cm³/mol. The molecule has 1 atom stereocenters. The van der Waals surface area contributed by atoms with Crippen molar-refractivity contribution >= 4 is 0 Å². The van der Waals surface area contributed by atoms with E-state index in [1.807, 2.05) is 14.1 Å². The van der Waals surface area contributed by atoms with Gasteiger partial charge >= 0.3 is 0 Å². The van der Waals surface area contributed by atoms with Crippen molar-refractivity contribution in [1.29, 1.82) is 0 Å². The van der Waals surface area contributed by atoms with Crippen molar-refractivity contribution in [2.24, 2.45) is 0 Å². The minimum atomic E-state index is -0.238. The van der Waals surface area contributed by atoms with E-state index in [0.29, 0.717) is 0 Å². The molecule has 0 amide bonds. The van der Waals surface area contributed by atoms with Gasteiger partial charge in [-0.05, 0) is 61.6 Å². The summed E-state index contributed by atoms with van der Waals surface area (Å²) in [6, 6.07) is 0. The van der Waals surface area contributed by atoms with Gasteiger partial charge in [0.15, 0.2) is 0 Å². The molecule has 0 bridgehead atoms. The van der Waals surface area contributed by atoms with Crippen molar-refractivity contribution < 1.29 is 9.94 Å². The Morgan fingerprint density at radius 3 is 1.94 bits per heavy atom. The molecule has 1 aliphatic rings. The molecule has 0 spiro atoms. The van der Waals surface area contributed by atoms with E-state index in [9.17, 15) is 5.21 Å². The zero-order chi connectivity index (χ0) is 13.4. The Balaban J connectivity index is 2.72. The minimum Gasteiger partial charge on any atom is -0.360 e. The van der Waals surface area contributed by atoms with E-state index in [-0.39, 0.29) is 23.4 Å². The van der Waals surface area contributed by atoms with Gasteiger partial charge in [-0.25, -0.2) is 0 Å². The van der Waals surface area contributed by atoms with Gasteiger partial charge in [-0.15, -0.1) is 0 Å². The first-order chi connectivity index (χ1) is 7.56. The summed E-state index contributed by atoms with van der Waals surface area (Å²) in [4.78, 5) is 2.06. The van der Waals surface area contributed by atoms with Crippen molar-refractivity contribution in [3.8, 4) is 0 Å². The highest BCUT2D eigenvalue weighted by Gasteiger charge is 2.45. The molecular weight excluding hydrogens is 216 g/mol. The summed E-state index contributed by atoms with van der Waals surface area (Å²) < 4.78 is 6.06. The van der Waals surface area contributed by atoms with Crippen LogP contribution in [0.1, 0.15) is 47.5 Å². The van der Waals surface area contributed by atoms with Gasteiger partial charge in [0.1, 0.15) is 6.23 Å². The lowest BCUT2D eigenvalue weighted by molar-refractivity contribution is -0.267. The smallest absolute Gasteiger partial charge is 0.107 e. The monoisotopic (exact) mass is 244 g/mol. The van der Waals surface area contributed by atoms with Crippen molar-refractivity contribution in [2.45, 2.75) is 70.9 Å². The second kappa shape index (κ2) is 4.84. The summed E-state index contributed by atoms with van der Waals surface area (Å²) in [6.07, 6.45) is 2.01. The Labute approximate surface area is 105 Å². The molecule has 0 aromatic carbocycles. The lowest BCUT2D eigenvalue weighted by Gasteiger charge is -2.51. The fourth-order valence-corrected chi connectivity index (χ4v) is 2.68. The maximum absolute atomic E-state index is 10.2. The number of hydrogen-bond acceptors (Lipinski definition) is 4. The quantitative estimate of drug-likeness (QED) is 0.773. The minimum absolute atomic E-state index is 0.108. The standard InChI is InChI=1S/C13H28N2O2/c1-10(14(6)7)17-11-8-12(2,3)15(16)13(4,5)9-11/h10-11,16H,8-9H2,1-7H3. The number of piperidine rings is 1. The molecule has 17 heavy (non-hydrogen) atoms. The number of ether oxygens (including phenoxy) is 1. The van der Waals surface area contributed by atoms with Crippen LogP contribution in [0.25, 0.3) is 0 Å². The molecule has 0 radical (unpaired) electrons. The van der Waals surface area contributed by atoms with Crippen LogP contribution in [0, 0.1) is 0 Å². The van der Waals surface area contributed by atoms with Gasteiger partial charge in [0.25, 0.3) is 0 Å². The van der Waals surface area contributed by atoms with E-state index in [2.05, 4.69) is 39.5 Å². The molecule has 1 rings (SSSR count). The van der Waals surface area contributed by atoms with E-state index in [0.717, 1.165) is 12.8 Å². The van der Waals surface area contributed by atoms with Gasteiger partial charge in [0.05, 0.1) is 6.10 Å². The van der Waals surface area contributed by atoms with Crippen LogP contribution in [0.4, 0.5) is 0 Å². The molecule has 0 saturated carbocycles. The zero-order valence-corrected chi connectivity index (χ0v) is 12.3. The fraction of sp³-hybridized carbons (Fsp3) is 1.00. The number of rotatable bonds is 3. The predicted octanol–water partition coefficient (Wildman–Crippen LogP) is 2.32. The van der Waals surface area contributed by atoms with Crippen LogP contribution < -0.4 is 0 Å². The molecule has 4 nitrogen and oxygen atoms in total. The second-order valence-electron chi connectivity index (χ2n) is 6.67. The molecule has 1 fully saturated rings. The molecule has 1 aliphatic heterocycles. The maximum atomic E-state index is 10.2. The van der Waals surface area contributed by atoms with Gasteiger partial charge in [0, 0.05) is 11.1 Å². The molecule has 0 aliphatic carbocycles. The van der Waals surface area contributed by atoms with Gasteiger partial charge < -0.3 is 9.94 Å². The maximum Gasteiger partial charge on any atom is 0.107 e. The van der Waals surface area contributed by atoms with Crippen molar-refractivity contribution in [2.75, 3.05) is 14.1 Å². The Morgan fingerprint density at radius 2 is 1.59 bits per heavy atom. The summed E-state index contributed by atoms with van der Waals surface area (Å²) in [5.74, 6) is 0. The largest absolute Gasteiger partial charge is 0.360 e. The van der Waals surface area contributed by atoms with Crippen LogP contribution in [0.2, 0.25) is 0 Å². The first-order valence-electron chi connectivity index (χ1n) is 6.37. The lowest BCUT2D eigenvalue weighted by atomic mass is 9.80. The first kappa shape index (κ1) is 14.9. The lowest BCUT2D eigenvalue weighted by Crippen LogP contribution is -2.61. The van der Waals surface area contributed by atoms with E-state index in [4.69, 9.17) is 4.74 Å². The van der Waals surface area contributed by atoms with Gasteiger partial charge in [-0.2, -0.15) is 5.06 Å². The van der Waals surface area contributed by atoms with Crippen LogP contribution in [0.3, 0.4) is 0 Å². The highest BCUT2D eigenvalue weighted by atomic mass is 16.5. The highest BCUT2D eigenvalue weighted by molar-refractivity contribution is 4.96. The highest BCUT2D eigenvalue weighted by Crippen LogP contribution is 2.38. The normalized spacial score (nSPS) is 27.4. The summed E-state index contributed by atoms with van der Waals surface area (Å²) >= 11 is 0. The molecule has 102 valence electrons. The third-order valence-electron chi connectivity index (χ3n) is 3.72. The average molecular weight is 244 g/mol. The number of hydrogen-bond donors (Lipinski definition) is 1. The van der Waals surface area contributed by atoms with E-state index in [1.54, 1.807) is 0 Å². The summed E-state index contributed by atoms with van der Waals surface area (Å²) in [5.41, 5.74) is -0.475. The zero-order valence-electron chi connectivity index (χ0n) is 12.3. The summed E-state index contributed by atoms with van der Waals surface area (Å²) in [7, 11) is 4.03. The van der Waals surface area contributed by atoms with Crippen molar-refractivity contribution in [3.05, 3.63) is 0 Å². The Morgan fingerprint density at radius 1 is 1.18 bits per heavy atom.